The van der Waals surface area contributed by atoms with Crippen molar-refractivity contribution in [2.75, 3.05) is 20.8 Å². The molecule has 0 spiro atoms. The molecule has 0 saturated carbocycles. The Balaban J connectivity index is 2.57. The van der Waals surface area contributed by atoms with Crippen LogP contribution in [-0.2, 0) is 9.47 Å². The van der Waals surface area contributed by atoms with Crippen molar-refractivity contribution in [2.45, 2.75) is 6.29 Å². The summed E-state index contributed by atoms with van der Waals surface area (Å²) in [5, 5.41) is 0. The quantitative estimate of drug-likeness (QED) is 0.771. The lowest BCUT2D eigenvalue weighted by Gasteiger charge is -2.14. The highest BCUT2D eigenvalue weighted by Crippen LogP contribution is 2.25. The lowest BCUT2D eigenvalue weighted by Crippen LogP contribution is -2.21. The maximum atomic E-state index is 5.50. The molecule has 0 unspecified atom stereocenters. The zero-order valence-electron chi connectivity index (χ0n) is 8.50. The van der Waals surface area contributed by atoms with E-state index in [1.54, 1.807) is 14.2 Å². The molecule has 0 heterocycles. The van der Waals surface area contributed by atoms with Gasteiger partial charge in [0.05, 0.1) is 0 Å². The molecule has 0 radical (unpaired) electrons. The van der Waals surface area contributed by atoms with E-state index in [1.165, 1.54) is 0 Å². The summed E-state index contributed by atoms with van der Waals surface area (Å²) in [5.41, 5.74) is 0. The van der Waals surface area contributed by atoms with Crippen LogP contribution in [0.2, 0.25) is 0 Å². The van der Waals surface area contributed by atoms with E-state index >= 15 is 0 Å². The fourth-order valence-electron chi connectivity index (χ4n) is 1.01. The van der Waals surface area contributed by atoms with E-state index in [4.69, 9.17) is 14.2 Å². The SMILES string of the molecule is COC(COc1cc(Br)cc(Br)c1)OC. The van der Waals surface area contributed by atoms with E-state index in [0.29, 0.717) is 6.61 Å². The first-order valence-corrected chi connectivity index (χ1v) is 5.88. The monoisotopic (exact) mass is 338 g/mol. The normalized spacial score (nSPS) is 10.7. The Kier molecular flexibility index (Phi) is 5.60. The molecule has 0 aliphatic rings. The molecule has 0 fully saturated rings. The van der Waals surface area contributed by atoms with Gasteiger partial charge in [-0.1, -0.05) is 31.9 Å². The standard InChI is InChI=1S/C10H12Br2O3/c1-13-10(14-2)6-15-9-4-7(11)3-8(12)5-9/h3-5,10H,6H2,1-2H3. The second kappa shape index (κ2) is 6.48. The predicted octanol–water partition coefficient (Wildman–Crippen LogP) is 3.21. The van der Waals surface area contributed by atoms with Crippen LogP contribution >= 0.6 is 31.9 Å². The Morgan fingerprint density at radius 1 is 1.07 bits per heavy atom. The maximum Gasteiger partial charge on any atom is 0.191 e. The van der Waals surface area contributed by atoms with Crippen LogP contribution in [0, 0.1) is 0 Å². The molecule has 0 saturated heterocycles. The van der Waals surface area contributed by atoms with E-state index in [1.807, 2.05) is 18.2 Å². The molecule has 1 rings (SSSR count). The summed E-state index contributed by atoms with van der Waals surface area (Å²) in [7, 11) is 3.16. The molecule has 1 aromatic carbocycles. The first-order chi connectivity index (χ1) is 7.15. The molecule has 0 aliphatic carbocycles. The highest BCUT2D eigenvalue weighted by molar-refractivity contribution is 9.11. The minimum atomic E-state index is -0.345. The van der Waals surface area contributed by atoms with Crippen LogP contribution < -0.4 is 4.74 Å². The van der Waals surface area contributed by atoms with Crippen molar-refractivity contribution in [3.05, 3.63) is 27.1 Å². The van der Waals surface area contributed by atoms with Crippen LogP contribution in [0.4, 0.5) is 0 Å². The highest BCUT2D eigenvalue weighted by atomic mass is 79.9. The van der Waals surface area contributed by atoms with Crippen LogP contribution in [0.1, 0.15) is 0 Å². The van der Waals surface area contributed by atoms with Gasteiger partial charge in [0.1, 0.15) is 12.4 Å². The van der Waals surface area contributed by atoms with Gasteiger partial charge in [0.2, 0.25) is 0 Å². The van der Waals surface area contributed by atoms with Crippen LogP contribution in [0.3, 0.4) is 0 Å². The summed E-state index contributed by atoms with van der Waals surface area (Å²) in [6, 6.07) is 5.71. The second-order valence-electron chi connectivity index (χ2n) is 2.82. The molecular formula is C10H12Br2O3. The number of methoxy groups -OCH3 is 2. The molecule has 84 valence electrons. The lowest BCUT2D eigenvalue weighted by molar-refractivity contribution is -0.121. The van der Waals surface area contributed by atoms with Crippen molar-refractivity contribution in [1.29, 1.82) is 0 Å². The number of ether oxygens (including phenoxy) is 3. The Morgan fingerprint density at radius 3 is 2.07 bits per heavy atom. The molecule has 0 bridgehead atoms. The second-order valence-corrected chi connectivity index (χ2v) is 4.65. The molecule has 0 N–H and O–H groups in total. The number of hydrogen-bond acceptors (Lipinski definition) is 3. The van der Waals surface area contributed by atoms with Gasteiger partial charge in [-0.15, -0.1) is 0 Å². The Hall–Kier alpha value is -0.100. The topological polar surface area (TPSA) is 27.7 Å². The van der Waals surface area contributed by atoms with Crippen molar-refractivity contribution in [3.8, 4) is 5.75 Å². The van der Waals surface area contributed by atoms with Gasteiger partial charge in [-0.2, -0.15) is 0 Å². The number of halogens is 2. The summed E-state index contributed by atoms with van der Waals surface area (Å²) in [4.78, 5) is 0. The van der Waals surface area contributed by atoms with Gasteiger partial charge in [0, 0.05) is 23.2 Å². The maximum absolute atomic E-state index is 5.50. The van der Waals surface area contributed by atoms with Crippen LogP contribution in [-0.4, -0.2) is 27.1 Å². The number of benzene rings is 1. The Labute approximate surface area is 106 Å². The molecule has 1 aromatic rings. The number of hydrogen-bond donors (Lipinski definition) is 0. The van der Waals surface area contributed by atoms with Crippen molar-refractivity contribution in [2.24, 2.45) is 0 Å². The van der Waals surface area contributed by atoms with Crippen molar-refractivity contribution in [1.82, 2.24) is 0 Å². The van der Waals surface area contributed by atoms with E-state index in [2.05, 4.69) is 31.9 Å². The van der Waals surface area contributed by atoms with Crippen molar-refractivity contribution < 1.29 is 14.2 Å². The van der Waals surface area contributed by atoms with Crippen LogP contribution in [0.25, 0.3) is 0 Å². The average molecular weight is 340 g/mol. The van der Waals surface area contributed by atoms with Gasteiger partial charge >= 0.3 is 0 Å². The first kappa shape index (κ1) is 13.0. The fourth-order valence-corrected chi connectivity index (χ4v) is 2.26. The molecule has 0 amide bonds. The minimum Gasteiger partial charge on any atom is -0.488 e. The third kappa shape index (κ3) is 4.51. The van der Waals surface area contributed by atoms with E-state index in [9.17, 15) is 0 Å². The minimum absolute atomic E-state index is 0.345. The van der Waals surface area contributed by atoms with E-state index < -0.39 is 0 Å². The van der Waals surface area contributed by atoms with Crippen molar-refractivity contribution >= 4 is 31.9 Å². The molecule has 0 aromatic heterocycles. The van der Waals surface area contributed by atoms with Gasteiger partial charge in [-0.25, -0.2) is 0 Å². The van der Waals surface area contributed by atoms with E-state index in [0.717, 1.165) is 14.7 Å². The van der Waals surface area contributed by atoms with Gasteiger partial charge in [-0.3, -0.25) is 0 Å². The average Bonchev–Trinajstić information content (AvgIpc) is 2.18. The molecule has 0 aliphatic heterocycles. The Bertz CT molecular complexity index is 293. The molecular weight excluding hydrogens is 328 g/mol. The smallest absolute Gasteiger partial charge is 0.191 e. The zero-order chi connectivity index (χ0) is 11.3. The largest absolute Gasteiger partial charge is 0.488 e. The lowest BCUT2D eigenvalue weighted by atomic mass is 10.3. The van der Waals surface area contributed by atoms with Gasteiger partial charge < -0.3 is 14.2 Å². The third-order valence-electron chi connectivity index (χ3n) is 1.75. The fraction of sp³-hybridized carbons (Fsp3) is 0.400. The summed E-state index contributed by atoms with van der Waals surface area (Å²) in [6.45, 7) is 0.357. The Morgan fingerprint density at radius 2 is 1.60 bits per heavy atom. The predicted molar refractivity (Wildman–Crippen MR) is 65.1 cm³/mol. The third-order valence-corrected chi connectivity index (χ3v) is 2.66. The summed E-state index contributed by atoms with van der Waals surface area (Å²) < 4.78 is 17.4. The molecule has 15 heavy (non-hydrogen) atoms. The first-order valence-electron chi connectivity index (χ1n) is 4.30. The molecule has 5 heteroatoms. The van der Waals surface area contributed by atoms with Crippen LogP contribution in [0.15, 0.2) is 27.1 Å². The summed E-state index contributed by atoms with van der Waals surface area (Å²) in [6.07, 6.45) is -0.345. The van der Waals surface area contributed by atoms with Gasteiger partial charge in [0.15, 0.2) is 6.29 Å². The van der Waals surface area contributed by atoms with Crippen LogP contribution in [0.5, 0.6) is 5.75 Å². The number of rotatable bonds is 5. The summed E-state index contributed by atoms with van der Waals surface area (Å²) >= 11 is 6.76. The van der Waals surface area contributed by atoms with Crippen molar-refractivity contribution in [3.63, 3.8) is 0 Å². The van der Waals surface area contributed by atoms with Gasteiger partial charge in [0.25, 0.3) is 0 Å². The zero-order valence-corrected chi connectivity index (χ0v) is 11.7. The highest BCUT2D eigenvalue weighted by Gasteiger charge is 2.06. The van der Waals surface area contributed by atoms with E-state index in [-0.39, 0.29) is 6.29 Å². The molecule has 3 nitrogen and oxygen atoms in total. The summed E-state index contributed by atoms with van der Waals surface area (Å²) in [5.74, 6) is 0.760. The molecule has 0 atom stereocenters. The van der Waals surface area contributed by atoms with Gasteiger partial charge in [-0.05, 0) is 18.2 Å².